The van der Waals surface area contributed by atoms with E-state index in [4.69, 9.17) is 5.26 Å². The van der Waals surface area contributed by atoms with Crippen LogP contribution in [0, 0.1) is 11.3 Å². The van der Waals surface area contributed by atoms with Crippen LogP contribution >= 0.6 is 0 Å². The van der Waals surface area contributed by atoms with E-state index in [2.05, 4.69) is 15.6 Å². The van der Waals surface area contributed by atoms with E-state index in [1.54, 1.807) is 12.1 Å². The molecule has 0 aliphatic heterocycles. The monoisotopic (exact) mass is 266 g/mol. The maximum Gasteiger partial charge on any atom is 0.221 e. The van der Waals surface area contributed by atoms with Gasteiger partial charge in [0.05, 0.1) is 5.56 Å². The lowest BCUT2D eigenvalue weighted by atomic mass is 10.2. The zero-order chi connectivity index (χ0) is 14.4. The second-order valence-corrected chi connectivity index (χ2v) is 4.28. The molecule has 2 N–H and O–H groups in total. The number of nitriles is 1. The van der Waals surface area contributed by atoms with Gasteiger partial charge in [0, 0.05) is 25.4 Å². The van der Waals surface area contributed by atoms with Gasteiger partial charge in [0.1, 0.15) is 11.9 Å². The number of anilines is 2. The van der Waals surface area contributed by atoms with Gasteiger partial charge < -0.3 is 10.6 Å². The first-order valence-electron chi connectivity index (χ1n) is 6.14. The summed E-state index contributed by atoms with van der Waals surface area (Å²) in [5.41, 5.74) is 2.39. The van der Waals surface area contributed by atoms with Crippen molar-refractivity contribution < 1.29 is 4.79 Å². The molecule has 2 rings (SSSR count). The SMILES string of the molecule is CC(=O)Nc1ccc(CNc2ccc(C#N)cn2)cc1. The number of amides is 1. The van der Waals surface area contributed by atoms with Crippen molar-refractivity contribution in [1.82, 2.24) is 4.98 Å². The molecule has 0 radical (unpaired) electrons. The first kappa shape index (κ1) is 13.6. The van der Waals surface area contributed by atoms with Gasteiger partial charge in [0.25, 0.3) is 0 Å². The van der Waals surface area contributed by atoms with Gasteiger partial charge in [-0.15, -0.1) is 0 Å². The highest BCUT2D eigenvalue weighted by atomic mass is 16.1. The first-order chi connectivity index (χ1) is 9.67. The minimum absolute atomic E-state index is 0.0855. The normalized spacial score (nSPS) is 9.60. The van der Waals surface area contributed by atoms with Gasteiger partial charge in [-0.05, 0) is 29.8 Å². The molecule has 2 aromatic rings. The zero-order valence-corrected chi connectivity index (χ0v) is 11.1. The first-order valence-corrected chi connectivity index (χ1v) is 6.14. The molecule has 0 saturated carbocycles. The quantitative estimate of drug-likeness (QED) is 0.891. The number of hydrogen-bond acceptors (Lipinski definition) is 4. The van der Waals surface area contributed by atoms with Crippen molar-refractivity contribution in [1.29, 1.82) is 5.26 Å². The van der Waals surface area contributed by atoms with E-state index >= 15 is 0 Å². The van der Waals surface area contributed by atoms with E-state index < -0.39 is 0 Å². The van der Waals surface area contributed by atoms with Gasteiger partial charge in [0.15, 0.2) is 0 Å². The molecule has 5 heteroatoms. The molecule has 0 saturated heterocycles. The molecular formula is C15H14N4O. The van der Waals surface area contributed by atoms with Gasteiger partial charge in [-0.1, -0.05) is 12.1 Å². The smallest absolute Gasteiger partial charge is 0.221 e. The van der Waals surface area contributed by atoms with Gasteiger partial charge in [-0.3, -0.25) is 4.79 Å². The maximum atomic E-state index is 10.9. The molecule has 0 bridgehead atoms. The van der Waals surface area contributed by atoms with Crippen molar-refractivity contribution in [3.8, 4) is 6.07 Å². The molecule has 5 nitrogen and oxygen atoms in total. The van der Waals surface area contributed by atoms with E-state index in [9.17, 15) is 4.79 Å². The fourth-order valence-corrected chi connectivity index (χ4v) is 1.67. The Kier molecular flexibility index (Phi) is 4.30. The van der Waals surface area contributed by atoms with Crippen LogP contribution in [0.15, 0.2) is 42.6 Å². The molecule has 20 heavy (non-hydrogen) atoms. The van der Waals surface area contributed by atoms with Crippen LogP contribution in [0.4, 0.5) is 11.5 Å². The van der Waals surface area contributed by atoms with E-state index in [1.807, 2.05) is 30.3 Å². The standard InChI is InChI=1S/C15H14N4O/c1-11(20)19-14-5-2-12(3-6-14)9-17-15-7-4-13(8-16)10-18-15/h2-7,10H,9H2,1H3,(H,17,18)(H,19,20). The predicted octanol–water partition coefficient (Wildman–Crippen LogP) is 2.52. The second-order valence-electron chi connectivity index (χ2n) is 4.28. The van der Waals surface area contributed by atoms with Crippen LogP contribution < -0.4 is 10.6 Å². The number of nitrogens with zero attached hydrogens (tertiary/aromatic N) is 2. The second kappa shape index (κ2) is 6.34. The molecule has 1 aromatic heterocycles. The highest BCUT2D eigenvalue weighted by molar-refractivity contribution is 5.88. The van der Waals surface area contributed by atoms with Gasteiger partial charge in [-0.2, -0.15) is 5.26 Å². The molecule has 1 amide bonds. The Hall–Kier alpha value is -2.87. The van der Waals surface area contributed by atoms with E-state index in [-0.39, 0.29) is 5.91 Å². The molecule has 0 atom stereocenters. The molecule has 1 aromatic carbocycles. The van der Waals surface area contributed by atoms with Crippen LogP contribution in [-0.4, -0.2) is 10.9 Å². The minimum Gasteiger partial charge on any atom is -0.366 e. The Labute approximate surface area is 117 Å². The number of nitrogens with one attached hydrogen (secondary N) is 2. The van der Waals surface area contributed by atoms with Crippen LogP contribution in [0.2, 0.25) is 0 Å². The summed E-state index contributed by atoms with van der Waals surface area (Å²) in [5.74, 6) is 0.632. The van der Waals surface area contributed by atoms with Gasteiger partial charge in [-0.25, -0.2) is 4.98 Å². The fraction of sp³-hybridized carbons (Fsp3) is 0.133. The van der Waals surface area contributed by atoms with E-state index in [0.29, 0.717) is 12.1 Å². The van der Waals surface area contributed by atoms with Crippen LogP contribution in [0.1, 0.15) is 18.1 Å². The largest absolute Gasteiger partial charge is 0.366 e. The summed E-state index contributed by atoms with van der Waals surface area (Å²) in [5, 5.41) is 14.6. The summed E-state index contributed by atoms with van der Waals surface area (Å²) < 4.78 is 0. The van der Waals surface area contributed by atoms with Crippen molar-refractivity contribution in [3.63, 3.8) is 0 Å². The topological polar surface area (TPSA) is 77.8 Å². The number of benzene rings is 1. The Morgan fingerprint density at radius 2 is 2.00 bits per heavy atom. The Morgan fingerprint density at radius 1 is 1.25 bits per heavy atom. The molecule has 1 heterocycles. The van der Waals surface area contributed by atoms with Crippen molar-refractivity contribution >= 4 is 17.4 Å². The lowest BCUT2D eigenvalue weighted by Crippen LogP contribution is -2.06. The van der Waals surface area contributed by atoms with Crippen LogP contribution in [0.3, 0.4) is 0 Å². The fourth-order valence-electron chi connectivity index (χ4n) is 1.67. The zero-order valence-electron chi connectivity index (χ0n) is 11.1. The summed E-state index contributed by atoms with van der Waals surface area (Å²) in [6, 6.07) is 13.1. The third-order valence-corrected chi connectivity index (χ3v) is 2.64. The Morgan fingerprint density at radius 3 is 2.55 bits per heavy atom. The number of rotatable bonds is 4. The van der Waals surface area contributed by atoms with Crippen LogP contribution in [-0.2, 0) is 11.3 Å². The number of hydrogen-bond donors (Lipinski definition) is 2. The number of pyridine rings is 1. The minimum atomic E-state index is -0.0855. The summed E-state index contributed by atoms with van der Waals surface area (Å²) >= 11 is 0. The molecule has 0 aliphatic rings. The number of carbonyl (C=O) groups excluding carboxylic acids is 1. The number of aromatic nitrogens is 1. The van der Waals surface area contributed by atoms with Crippen molar-refractivity contribution in [2.75, 3.05) is 10.6 Å². The van der Waals surface area contributed by atoms with E-state index in [0.717, 1.165) is 17.1 Å². The highest BCUT2D eigenvalue weighted by Crippen LogP contribution is 2.11. The summed E-state index contributed by atoms with van der Waals surface area (Å²) in [7, 11) is 0. The Balaban J connectivity index is 1.93. The third kappa shape index (κ3) is 3.82. The lowest BCUT2D eigenvalue weighted by molar-refractivity contribution is -0.114. The summed E-state index contributed by atoms with van der Waals surface area (Å²) in [6.07, 6.45) is 1.53. The lowest BCUT2D eigenvalue weighted by Gasteiger charge is -2.07. The van der Waals surface area contributed by atoms with Crippen molar-refractivity contribution in [2.45, 2.75) is 13.5 Å². The van der Waals surface area contributed by atoms with Crippen molar-refractivity contribution in [3.05, 3.63) is 53.7 Å². The molecule has 100 valence electrons. The molecular weight excluding hydrogens is 252 g/mol. The Bertz CT molecular complexity index is 626. The average Bonchev–Trinajstić information content (AvgIpc) is 2.46. The maximum absolute atomic E-state index is 10.9. The summed E-state index contributed by atoms with van der Waals surface area (Å²) in [6.45, 7) is 2.10. The number of carbonyl (C=O) groups is 1. The summed E-state index contributed by atoms with van der Waals surface area (Å²) in [4.78, 5) is 15.0. The van der Waals surface area contributed by atoms with Gasteiger partial charge >= 0.3 is 0 Å². The third-order valence-electron chi connectivity index (χ3n) is 2.64. The van der Waals surface area contributed by atoms with E-state index in [1.165, 1.54) is 13.1 Å². The molecule has 0 unspecified atom stereocenters. The van der Waals surface area contributed by atoms with Crippen LogP contribution in [0.5, 0.6) is 0 Å². The molecule has 0 aliphatic carbocycles. The average molecular weight is 266 g/mol. The predicted molar refractivity (Wildman–Crippen MR) is 77.0 cm³/mol. The van der Waals surface area contributed by atoms with Crippen LogP contribution in [0.25, 0.3) is 0 Å². The molecule has 0 spiro atoms. The molecule has 0 fully saturated rings. The highest BCUT2D eigenvalue weighted by Gasteiger charge is 1.98. The van der Waals surface area contributed by atoms with Gasteiger partial charge in [0.2, 0.25) is 5.91 Å². The van der Waals surface area contributed by atoms with Crippen molar-refractivity contribution in [2.24, 2.45) is 0 Å².